The highest BCUT2D eigenvalue weighted by atomic mass is 35.5. The van der Waals surface area contributed by atoms with E-state index in [1.165, 1.54) is 0 Å². The van der Waals surface area contributed by atoms with Crippen molar-refractivity contribution >= 4 is 5.91 Å². The minimum atomic E-state index is -0.498. The highest BCUT2D eigenvalue weighted by molar-refractivity contribution is 5.78. The van der Waals surface area contributed by atoms with E-state index in [0.29, 0.717) is 31.0 Å². The third kappa shape index (κ3) is 5.57. The van der Waals surface area contributed by atoms with Crippen LogP contribution in [0.3, 0.4) is 0 Å². The second-order valence-corrected chi connectivity index (χ2v) is 5.51. The Labute approximate surface area is 143 Å². The molecular formula is C16H25ClN2O4. The molecule has 6 nitrogen and oxygen atoms in total. The van der Waals surface area contributed by atoms with E-state index < -0.39 is 6.10 Å². The first-order valence-corrected chi connectivity index (χ1v) is 7.62. The van der Waals surface area contributed by atoms with Crippen LogP contribution < -0.4 is 27.2 Å². The average molecular weight is 345 g/mol. The van der Waals surface area contributed by atoms with Crippen molar-refractivity contribution in [3.8, 4) is 11.5 Å². The third-order valence-corrected chi connectivity index (χ3v) is 3.87. The molecule has 1 aromatic rings. The number of benzene rings is 1. The molecular weight excluding hydrogens is 320 g/mol. The maximum atomic E-state index is 11.5. The van der Waals surface area contributed by atoms with Gasteiger partial charge in [-0.3, -0.25) is 4.79 Å². The fourth-order valence-electron chi connectivity index (χ4n) is 2.68. The summed E-state index contributed by atoms with van der Waals surface area (Å²) in [4.78, 5) is 13.3. The highest BCUT2D eigenvalue weighted by Crippen LogP contribution is 2.27. The zero-order chi connectivity index (χ0) is 15.9. The van der Waals surface area contributed by atoms with Gasteiger partial charge >= 0.3 is 0 Å². The van der Waals surface area contributed by atoms with Crippen molar-refractivity contribution in [1.29, 1.82) is 0 Å². The van der Waals surface area contributed by atoms with Gasteiger partial charge in [-0.25, -0.2) is 0 Å². The molecule has 1 unspecified atom stereocenters. The number of rotatable bonds is 8. The Kier molecular flexibility index (Phi) is 8.16. The predicted octanol–water partition coefficient (Wildman–Crippen LogP) is -3.25. The predicted molar refractivity (Wildman–Crippen MR) is 81.9 cm³/mol. The molecule has 0 bridgehead atoms. The van der Waals surface area contributed by atoms with Crippen LogP contribution in [-0.4, -0.2) is 55.9 Å². The van der Waals surface area contributed by atoms with Crippen LogP contribution in [-0.2, 0) is 11.3 Å². The minimum absolute atomic E-state index is 0. The Morgan fingerprint density at radius 2 is 2.04 bits per heavy atom. The molecule has 1 aliphatic heterocycles. The maximum Gasteiger partial charge on any atom is 0.222 e. The van der Waals surface area contributed by atoms with Crippen molar-refractivity contribution in [3.63, 3.8) is 0 Å². The summed E-state index contributed by atoms with van der Waals surface area (Å²) in [6.07, 6.45) is 1.02. The average Bonchev–Trinajstić information content (AvgIpc) is 2.92. The molecule has 1 saturated heterocycles. The lowest BCUT2D eigenvalue weighted by atomic mass is 10.2. The summed E-state index contributed by atoms with van der Waals surface area (Å²) in [7, 11) is 3.22. The third-order valence-electron chi connectivity index (χ3n) is 3.87. The molecule has 3 N–H and O–H groups in total. The summed E-state index contributed by atoms with van der Waals surface area (Å²) in [5, 5.41) is 12.1. The number of halogens is 1. The van der Waals surface area contributed by atoms with E-state index >= 15 is 0 Å². The van der Waals surface area contributed by atoms with Gasteiger partial charge in [0.2, 0.25) is 5.91 Å². The Morgan fingerprint density at radius 3 is 2.65 bits per heavy atom. The van der Waals surface area contributed by atoms with Crippen molar-refractivity contribution in [3.05, 3.63) is 23.8 Å². The quantitative estimate of drug-likeness (QED) is 0.519. The monoisotopic (exact) mass is 344 g/mol. The number of carbonyl (C=O) groups is 1. The van der Waals surface area contributed by atoms with Gasteiger partial charge in [0.1, 0.15) is 19.2 Å². The van der Waals surface area contributed by atoms with Crippen LogP contribution >= 0.6 is 0 Å². The number of ether oxygens (including phenoxy) is 2. The van der Waals surface area contributed by atoms with Crippen molar-refractivity contribution in [2.75, 3.05) is 33.9 Å². The topological polar surface area (TPSA) is 75.6 Å². The number of β-amino-alcohol motifs (C(OH)–C–C–N with tert-alkyl or cyclic N) is 1. The minimum Gasteiger partial charge on any atom is -1.00 e. The van der Waals surface area contributed by atoms with Crippen LogP contribution in [0.4, 0.5) is 0 Å². The molecule has 0 radical (unpaired) electrons. The number of hydrogen-bond donors (Lipinski definition) is 2. The molecule has 7 heteroatoms. The second kappa shape index (κ2) is 9.60. The maximum absolute atomic E-state index is 11.5. The van der Waals surface area contributed by atoms with E-state index in [1.807, 2.05) is 23.5 Å². The summed E-state index contributed by atoms with van der Waals surface area (Å²) >= 11 is 0. The molecule has 1 aliphatic rings. The fourth-order valence-corrected chi connectivity index (χ4v) is 2.68. The molecule has 1 aromatic carbocycles. The SMILES string of the molecule is COc1ccc(C[NH2+]CC(O)CN2CCCC2=O)cc1OC.[Cl-]. The van der Waals surface area contributed by atoms with Gasteiger partial charge < -0.3 is 37.2 Å². The Morgan fingerprint density at radius 1 is 1.30 bits per heavy atom. The summed E-state index contributed by atoms with van der Waals surface area (Å²) in [5.74, 6) is 1.56. The molecule has 0 aromatic heterocycles. The number of likely N-dealkylation sites (tertiary alicyclic amines) is 1. The van der Waals surface area contributed by atoms with Gasteiger partial charge in [-0.05, 0) is 24.6 Å². The first kappa shape index (κ1) is 19.5. The number of aliphatic hydroxyl groups excluding tert-OH is 1. The number of carbonyl (C=O) groups excluding carboxylic acids is 1. The van der Waals surface area contributed by atoms with Crippen molar-refractivity contribution in [2.24, 2.45) is 0 Å². The zero-order valence-corrected chi connectivity index (χ0v) is 14.4. The van der Waals surface area contributed by atoms with E-state index in [2.05, 4.69) is 0 Å². The number of nitrogens with zero attached hydrogens (tertiary/aromatic N) is 1. The Balaban J connectivity index is 0.00000264. The summed E-state index contributed by atoms with van der Waals surface area (Å²) < 4.78 is 10.5. The number of hydrogen-bond acceptors (Lipinski definition) is 4. The van der Waals surface area contributed by atoms with Crippen LogP contribution in [0.2, 0.25) is 0 Å². The first-order chi connectivity index (χ1) is 10.6. The molecule has 23 heavy (non-hydrogen) atoms. The molecule has 0 saturated carbocycles. The van der Waals surface area contributed by atoms with E-state index in [1.54, 1.807) is 19.1 Å². The molecule has 1 heterocycles. The van der Waals surface area contributed by atoms with E-state index in [0.717, 1.165) is 25.1 Å². The fraction of sp³-hybridized carbons (Fsp3) is 0.562. The number of methoxy groups -OCH3 is 2. The number of aliphatic hydroxyl groups is 1. The number of amides is 1. The molecule has 0 spiro atoms. The smallest absolute Gasteiger partial charge is 0.222 e. The molecule has 130 valence electrons. The Bertz CT molecular complexity index is 513. The Hall–Kier alpha value is -1.50. The van der Waals surface area contributed by atoms with Crippen LogP contribution in [0.5, 0.6) is 11.5 Å². The van der Waals surface area contributed by atoms with Gasteiger partial charge in [-0.15, -0.1) is 0 Å². The molecule has 1 atom stereocenters. The standard InChI is InChI=1S/C16H24N2O4.ClH/c1-21-14-6-5-12(8-15(14)22-2)9-17-10-13(19)11-18-7-3-4-16(18)20;/h5-6,8,13,17,19H,3-4,7,9-11H2,1-2H3;1H. The largest absolute Gasteiger partial charge is 1.00 e. The van der Waals surface area contributed by atoms with E-state index in [-0.39, 0.29) is 18.3 Å². The normalized spacial score (nSPS) is 15.3. The second-order valence-electron chi connectivity index (χ2n) is 5.51. The van der Waals surface area contributed by atoms with Crippen molar-refractivity contribution in [1.82, 2.24) is 4.90 Å². The lowest BCUT2D eigenvalue weighted by Gasteiger charge is -2.19. The van der Waals surface area contributed by atoms with Gasteiger partial charge in [-0.1, -0.05) is 0 Å². The van der Waals surface area contributed by atoms with E-state index in [4.69, 9.17) is 9.47 Å². The number of nitrogens with two attached hydrogens (primary N) is 1. The van der Waals surface area contributed by atoms with Gasteiger partial charge in [0, 0.05) is 18.5 Å². The van der Waals surface area contributed by atoms with Crippen molar-refractivity contribution < 1.29 is 37.1 Å². The van der Waals surface area contributed by atoms with Gasteiger partial charge in [0.15, 0.2) is 11.5 Å². The molecule has 0 aliphatic carbocycles. The van der Waals surface area contributed by atoms with Gasteiger partial charge in [0.25, 0.3) is 0 Å². The summed E-state index contributed by atoms with van der Waals surface area (Å²) in [5.41, 5.74) is 1.10. The van der Waals surface area contributed by atoms with Crippen molar-refractivity contribution in [2.45, 2.75) is 25.5 Å². The molecule has 1 amide bonds. The first-order valence-electron chi connectivity index (χ1n) is 7.62. The van der Waals surface area contributed by atoms with Crippen LogP contribution in [0, 0.1) is 0 Å². The van der Waals surface area contributed by atoms with Gasteiger partial charge in [-0.2, -0.15) is 0 Å². The van der Waals surface area contributed by atoms with E-state index in [9.17, 15) is 9.90 Å². The highest BCUT2D eigenvalue weighted by Gasteiger charge is 2.22. The van der Waals surface area contributed by atoms with Gasteiger partial charge in [0.05, 0.1) is 20.8 Å². The lowest BCUT2D eigenvalue weighted by Crippen LogP contribution is -3.00. The van der Waals surface area contributed by atoms with Crippen LogP contribution in [0.1, 0.15) is 18.4 Å². The van der Waals surface area contributed by atoms with Crippen LogP contribution in [0.25, 0.3) is 0 Å². The zero-order valence-electron chi connectivity index (χ0n) is 13.6. The molecule has 2 rings (SSSR count). The summed E-state index contributed by atoms with van der Waals surface area (Å²) in [6, 6.07) is 5.79. The molecule has 1 fully saturated rings. The summed E-state index contributed by atoms with van der Waals surface area (Å²) in [6.45, 7) is 2.51. The van der Waals surface area contributed by atoms with Crippen LogP contribution in [0.15, 0.2) is 18.2 Å². The lowest BCUT2D eigenvalue weighted by molar-refractivity contribution is -0.676. The number of quaternary nitrogens is 1.